The van der Waals surface area contributed by atoms with Gasteiger partial charge in [0, 0.05) is 12.3 Å². The van der Waals surface area contributed by atoms with E-state index in [0.29, 0.717) is 21.6 Å². The Hall–Kier alpha value is -2.21. The summed E-state index contributed by atoms with van der Waals surface area (Å²) in [5.41, 5.74) is 1.87. The first-order chi connectivity index (χ1) is 10.5. The van der Waals surface area contributed by atoms with E-state index in [2.05, 4.69) is 20.9 Å². The van der Waals surface area contributed by atoms with Crippen LogP contribution in [-0.4, -0.2) is 9.38 Å². The molecule has 0 radical (unpaired) electrons. The molecule has 0 amide bonds. The average molecular weight is 363 g/mol. The van der Waals surface area contributed by atoms with Crippen LogP contribution in [0.1, 0.15) is 11.3 Å². The number of ether oxygens (including phenoxy) is 1. The Labute approximate surface area is 134 Å². The molecule has 4 nitrogen and oxygen atoms in total. The molecule has 0 aliphatic heterocycles. The second kappa shape index (κ2) is 5.88. The van der Waals surface area contributed by atoms with Gasteiger partial charge in [-0.15, -0.1) is 0 Å². The van der Waals surface area contributed by atoms with Crippen molar-refractivity contribution in [2.75, 3.05) is 0 Å². The van der Waals surface area contributed by atoms with Crippen molar-refractivity contribution in [2.45, 2.75) is 13.5 Å². The van der Waals surface area contributed by atoms with E-state index in [9.17, 15) is 9.18 Å². The second-order valence-electron chi connectivity index (χ2n) is 4.83. The molecule has 0 saturated heterocycles. The first-order valence-corrected chi connectivity index (χ1v) is 7.39. The molecule has 0 fully saturated rings. The lowest BCUT2D eigenvalue weighted by Crippen LogP contribution is -2.17. The van der Waals surface area contributed by atoms with Crippen LogP contribution >= 0.6 is 15.9 Å². The van der Waals surface area contributed by atoms with Gasteiger partial charge < -0.3 is 4.74 Å². The van der Waals surface area contributed by atoms with Crippen LogP contribution in [0.25, 0.3) is 5.65 Å². The predicted molar refractivity (Wildman–Crippen MR) is 84.6 cm³/mol. The molecule has 3 rings (SSSR count). The van der Waals surface area contributed by atoms with Gasteiger partial charge in [-0.1, -0.05) is 6.07 Å². The van der Waals surface area contributed by atoms with Crippen molar-refractivity contribution in [3.8, 4) is 5.75 Å². The van der Waals surface area contributed by atoms with E-state index in [1.54, 1.807) is 12.3 Å². The summed E-state index contributed by atoms with van der Waals surface area (Å²) in [5.74, 6) is 0.144. The van der Waals surface area contributed by atoms with Crippen LogP contribution in [0.4, 0.5) is 4.39 Å². The van der Waals surface area contributed by atoms with Gasteiger partial charge in [-0.3, -0.25) is 9.20 Å². The maximum Gasteiger partial charge on any atom is 0.258 e. The predicted octanol–water partition coefficient (Wildman–Crippen LogP) is 3.48. The van der Waals surface area contributed by atoms with Crippen molar-refractivity contribution in [2.24, 2.45) is 0 Å². The van der Waals surface area contributed by atoms with E-state index in [1.165, 1.54) is 28.7 Å². The normalized spacial score (nSPS) is 10.9. The number of pyridine rings is 1. The summed E-state index contributed by atoms with van der Waals surface area (Å²) in [7, 11) is 0. The molecule has 0 aliphatic carbocycles. The molecule has 0 unspecified atom stereocenters. The lowest BCUT2D eigenvalue weighted by molar-refractivity contribution is 0.299. The number of aromatic nitrogens is 2. The molecule has 112 valence electrons. The first-order valence-electron chi connectivity index (χ1n) is 6.60. The van der Waals surface area contributed by atoms with Crippen molar-refractivity contribution in [1.29, 1.82) is 0 Å². The van der Waals surface area contributed by atoms with Crippen LogP contribution in [0.3, 0.4) is 0 Å². The third kappa shape index (κ3) is 2.87. The van der Waals surface area contributed by atoms with E-state index in [0.717, 1.165) is 5.56 Å². The molecule has 6 heteroatoms. The van der Waals surface area contributed by atoms with Crippen LogP contribution in [-0.2, 0) is 6.61 Å². The summed E-state index contributed by atoms with van der Waals surface area (Å²) < 4.78 is 20.6. The first kappa shape index (κ1) is 14.7. The van der Waals surface area contributed by atoms with Gasteiger partial charge in [-0.25, -0.2) is 9.37 Å². The fourth-order valence-electron chi connectivity index (χ4n) is 2.13. The molecule has 3 aromatic rings. The molecule has 2 aromatic heterocycles. The number of aryl methyl sites for hydroxylation is 1. The Balaban J connectivity index is 1.91. The Morgan fingerprint density at radius 2 is 2.14 bits per heavy atom. The summed E-state index contributed by atoms with van der Waals surface area (Å²) in [5, 5.41) is 0. The van der Waals surface area contributed by atoms with Crippen LogP contribution in [0.15, 0.2) is 51.9 Å². The number of fused-ring (bicyclic) bond motifs is 1. The average Bonchev–Trinajstić information content (AvgIpc) is 2.47. The van der Waals surface area contributed by atoms with E-state index in [4.69, 9.17) is 4.74 Å². The minimum absolute atomic E-state index is 0.129. The van der Waals surface area contributed by atoms with Crippen LogP contribution in [0.2, 0.25) is 0 Å². The van der Waals surface area contributed by atoms with E-state index in [-0.39, 0.29) is 18.0 Å². The number of hydrogen-bond donors (Lipinski definition) is 0. The number of nitrogens with zero attached hydrogens (tertiary/aromatic N) is 2. The molecule has 0 atom stereocenters. The van der Waals surface area contributed by atoms with Crippen molar-refractivity contribution >= 4 is 21.6 Å². The fourth-order valence-corrected chi connectivity index (χ4v) is 2.59. The van der Waals surface area contributed by atoms with Crippen LogP contribution in [0.5, 0.6) is 5.75 Å². The van der Waals surface area contributed by atoms with Gasteiger partial charge in [0.15, 0.2) is 0 Å². The highest BCUT2D eigenvalue weighted by Crippen LogP contribution is 2.26. The third-order valence-electron chi connectivity index (χ3n) is 3.21. The molecule has 2 heterocycles. The highest BCUT2D eigenvalue weighted by molar-refractivity contribution is 9.10. The lowest BCUT2D eigenvalue weighted by Gasteiger charge is -2.09. The summed E-state index contributed by atoms with van der Waals surface area (Å²) in [6.07, 6.45) is 1.68. The van der Waals surface area contributed by atoms with Crippen LogP contribution in [0, 0.1) is 12.7 Å². The maximum atomic E-state index is 13.0. The summed E-state index contributed by atoms with van der Waals surface area (Å²) in [6.45, 7) is 2.02. The van der Waals surface area contributed by atoms with Crippen molar-refractivity contribution in [1.82, 2.24) is 9.38 Å². The largest absolute Gasteiger partial charge is 0.486 e. The zero-order valence-corrected chi connectivity index (χ0v) is 13.3. The molecule has 0 bridgehead atoms. The summed E-state index contributed by atoms with van der Waals surface area (Å²) >= 11 is 3.24. The number of hydrogen-bond acceptors (Lipinski definition) is 3. The molecule has 1 aromatic carbocycles. The molecule has 0 spiro atoms. The van der Waals surface area contributed by atoms with Crippen molar-refractivity contribution in [3.63, 3.8) is 0 Å². The lowest BCUT2D eigenvalue weighted by atomic mass is 10.3. The topological polar surface area (TPSA) is 43.6 Å². The summed E-state index contributed by atoms with van der Waals surface area (Å²) in [6, 6.07) is 9.29. The molecule has 0 aliphatic rings. The number of halogens is 2. The van der Waals surface area contributed by atoms with Gasteiger partial charge in [0.25, 0.3) is 5.56 Å². The van der Waals surface area contributed by atoms with Crippen molar-refractivity contribution in [3.05, 3.63) is 74.5 Å². The van der Waals surface area contributed by atoms with Gasteiger partial charge in [-0.2, -0.15) is 0 Å². The standard InChI is InChI=1S/C16H12BrFN2O2/c1-10-3-2-6-20-15(21)8-12(19-16(10)20)9-22-14-5-4-11(18)7-13(14)17/h2-8H,9H2,1H3. The Bertz CT molecular complexity index is 908. The van der Waals surface area contributed by atoms with Crippen molar-refractivity contribution < 1.29 is 9.13 Å². The van der Waals surface area contributed by atoms with Gasteiger partial charge in [0.2, 0.25) is 0 Å². The second-order valence-corrected chi connectivity index (χ2v) is 5.69. The van der Waals surface area contributed by atoms with E-state index < -0.39 is 0 Å². The highest BCUT2D eigenvalue weighted by Gasteiger charge is 2.07. The summed E-state index contributed by atoms with van der Waals surface area (Å²) in [4.78, 5) is 16.5. The fraction of sp³-hybridized carbons (Fsp3) is 0.125. The Kier molecular flexibility index (Phi) is 3.94. The van der Waals surface area contributed by atoms with Gasteiger partial charge in [0.05, 0.1) is 10.2 Å². The SMILES string of the molecule is Cc1cccn2c(=O)cc(COc3ccc(F)cc3Br)nc12. The number of rotatable bonds is 3. The molecule has 22 heavy (non-hydrogen) atoms. The number of benzene rings is 1. The third-order valence-corrected chi connectivity index (χ3v) is 3.83. The van der Waals surface area contributed by atoms with Gasteiger partial charge >= 0.3 is 0 Å². The smallest absolute Gasteiger partial charge is 0.258 e. The van der Waals surface area contributed by atoms with E-state index in [1.807, 2.05) is 13.0 Å². The van der Waals surface area contributed by atoms with E-state index >= 15 is 0 Å². The Morgan fingerprint density at radius 1 is 1.32 bits per heavy atom. The monoisotopic (exact) mass is 362 g/mol. The molecule has 0 N–H and O–H groups in total. The quantitative estimate of drug-likeness (QED) is 0.716. The maximum absolute atomic E-state index is 13.0. The molecular weight excluding hydrogens is 351 g/mol. The van der Waals surface area contributed by atoms with Crippen LogP contribution < -0.4 is 10.3 Å². The minimum Gasteiger partial charge on any atom is -0.486 e. The van der Waals surface area contributed by atoms with Gasteiger partial charge in [0.1, 0.15) is 23.8 Å². The zero-order chi connectivity index (χ0) is 15.7. The van der Waals surface area contributed by atoms with Gasteiger partial charge in [-0.05, 0) is 52.7 Å². The minimum atomic E-state index is -0.350. The highest BCUT2D eigenvalue weighted by atomic mass is 79.9. The molecule has 0 saturated carbocycles. The zero-order valence-electron chi connectivity index (χ0n) is 11.7. The Morgan fingerprint density at radius 3 is 2.91 bits per heavy atom. The molecular formula is C16H12BrFN2O2.